The highest BCUT2D eigenvalue weighted by molar-refractivity contribution is 5.72. The molecular weight excluding hydrogens is 262 g/mol. The van der Waals surface area contributed by atoms with Crippen LogP contribution in [0, 0.1) is 16.0 Å². The van der Waals surface area contributed by atoms with Crippen LogP contribution in [0.5, 0.6) is 0 Å². The van der Waals surface area contributed by atoms with E-state index < -0.39 is 4.92 Å². The first-order valence-electron chi connectivity index (χ1n) is 6.55. The molecule has 0 bridgehead atoms. The zero-order chi connectivity index (χ0) is 14.5. The summed E-state index contributed by atoms with van der Waals surface area (Å²) in [5, 5.41) is 13.9. The Hall–Kier alpha value is -2.18. The van der Waals surface area contributed by atoms with Gasteiger partial charge in [0.25, 0.3) is 5.69 Å². The van der Waals surface area contributed by atoms with Gasteiger partial charge in [0, 0.05) is 18.3 Å². The number of nitro groups is 1. The quantitative estimate of drug-likeness (QED) is 0.515. The summed E-state index contributed by atoms with van der Waals surface area (Å²) in [6, 6.07) is 2.97. The van der Waals surface area contributed by atoms with Crippen molar-refractivity contribution in [2.24, 2.45) is 5.92 Å². The molecule has 1 saturated carbocycles. The van der Waals surface area contributed by atoms with Crippen molar-refractivity contribution in [2.45, 2.75) is 31.7 Å². The lowest BCUT2D eigenvalue weighted by Crippen LogP contribution is -2.30. The smallest absolute Gasteiger partial charge is 0.308 e. The third-order valence-corrected chi connectivity index (χ3v) is 3.57. The maximum atomic E-state index is 11.4. The Labute approximate surface area is 116 Å². The molecule has 1 aliphatic carbocycles. The second kappa shape index (κ2) is 6.31. The van der Waals surface area contributed by atoms with Crippen molar-refractivity contribution in [3.63, 3.8) is 0 Å². The molecule has 1 N–H and O–H groups in total. The second-order valence-electron chi connectivity index (χ2n) is 4.87. The molecule has 1 aliphatic rings. The molecule has 20 heavy (non-hydrogen) atoms. The highest BCUT2D eigenvalue weighted by Gasteiger charge is 2.27. The van der Waals surface area contributed by atoms with Gasteiger partial charge in [-0.15, -0.1) is 0 Å². The fourth-order valence-corrected chi connectivity index (χ4v) is 2.46. The van der Waals surface area contributed by atoms with Gasteiger partial charge in [0.1, 0.15) is 5.82 Å². The lowest BCUT2D eigenvalue weighted by molar-refractivity contribution is -0.384. The average molecular weight is 279 g/mol. The van der Waals surface area contributed by atoms with Gasteiger partial charge in [0.15, 0.2) is 0 Å². The molecule has 0 aliphatic heterocycles. The Balaban J connectivity index is 1.91. The lowest BCUT2D eigenvalue weighted by Gasteiger charge is -2.27. The van der Waals surface area contributed by atoms with Crippen LogP contribution in [0.3, 0.4) is 0 Å². The number of carbonyl (C=O) groups is 1. The standard InChI is InChI=1S/C13H17N3O4/c1-20-13(17)9-2-4-10(5-3-9)15-12-8-11(16(18)19)6-7-14-12/h6-10H,2-5H2,1H3,(H,14,15). The Bertz CT molecular complexity index is 498. The summed E-state index contributed by atoms with van der Waals surface area (Å²) in [7, 11) is 1.40. The highest BCUT2D eigenvalue weighted by Crippen LogP contribution is 2.27. The first-order chi connectivity index (χ1) is 9.60. The predicted molar refractivity (Wildman–Crippen MR) is 72.3 cm³/mol. The van der Waals surface area contributed by atoms with Gasteiger partial charge in [-0.1, -0.05) is 0 Å². The Morgan fingerprint density at radius 1 is 1.45 bits per heavy atom. The van der Waals surface area contributed by atoms with Crippen molar-refractivity contribution >= 4 is 17.5 Å². The van der Waals surface area contributed by atoms with Crippen LogP contribution in [0.1, 0.15) is 25.7 Å². The highest BCUT2D eigenvalue weighted by atomic mass is 16.6. The topological polar surface area (TPSA) is 94.4 Å². The van der Waals surface area contributed by atoms with E-state index in [0.29, 0.717) is 5.82 Å². The Kier molecular flexibility index (Phi) is 4.49. The Morgan fingerprint density at radius 3 is 2.75 bits per heavy atom. The molecule has 108 valence electrons. The fourth-order valence-electron chi connectivity index (χ4n) is 2.46. The van der Waals surface area contributed by atoms with E-state index in [9.17, 15) is 14.9 Å². The van der Waals surface area contributed by atoms with Crippen LogP contribution in [0.4, 0.5) is 11.5 Å². The monoisotopic (exact) mass is 279 g/mol. The molecule has 0 unspecified atom stereocenters. The van der Waals surface area contributed by atoms with E-state index >= 15 is 0 Å². The molecule has 0 aromatic carbocycles. The number of nitrogens with one attached hydrogen (secondary N) is 1. The number of pyridine rings is 1. The normalized spacial score (nSPS) is 22.1. The molecule has 0 spiro atoms. The average Bonchev–Trinajstić information content (AvgIpc) is 2.47. The van der Waals surface area contributed by atoms with Gasteiger partial charge in [-0.3, -0.25) is 14.9 Å². The molecule has 1 heterocycles. The molecule has 0 radical (unpaired) electrons. The van der Waals surface area contributed by atoms with E-state index in [4.69, 9.17) is 4.74 Å². The van der Waals surface area contributed by atoms with Crippen molar-refractivity contribution in [3.05, 3.63) is 28.4 Å². The number of rotatable bonds is 4. The van der Waals surface area contributed by atoms with Crippen molar-refractivity contribution in [2.75, 3.05) is 12.4 Å². The summed E-state index contributed by atoms with van der Waals surface area (Å²) >= 11 is 0. The number of esters is 1. The number of nitrogens with zero attached hydrogens (tertiary/aromatic N) is 2. The van der Waals surface area contributed by atoms with Gasteiger partial charge >= 0.3 is 5.97 Å². The maximum Gasteiger partial charge on any atom is 0.308 e. The van der Waals surface area contributed by atoms with Crippen LogP contribution in [-0.4, -0.2) is 29.0 Å². The molecule has 1 aromatic rings. The van der Waals surface area contributed by atoms with Gasteiger partial charge < -0.3 is 10.1 Å². The fraction of sp³-hybridized carbons (Fsp3) is 0.538. The van der Waals surface area contributed by atoms with E-state index in [0.717, 1.165) is 25.7 Å². The third-order valence-electron chi connectivity index (χ3n) is 3.57. The summed E-state index contributed by atoms with van der Waals surface area (Å²) in [5.41, 5.74) is 0.0192. The van der Waals surface area contributed by atoms with Crippen LogP contribution >= 0.6 is 0 Å². The van der Waals surface area contributed by atoms with Gasteiger partial charge in [-0.25, -0.2) is 4.98 Å². The molecule has 1 fully saturated rings. The van der Waals surface area contributed by atoms with Crippen molar-refractivity contribution in [1.82, 2.24) is 4.98 Å². The molecule has 0 amide bonds. The van der Waals surface area contributed by atoms with Gasteiger partial charge in [0.05, 0.1) is 24.0 Å². The number of hydrogen-bond acceptors (Lipinski definition) is 6. The SMILES string of the molecule is COC(=O)C1CCC(Nc2cc([N+](=O)[O-])ccn2)CC1. The zero-order valence-electron chi connectivity index (χ0n) is 11.2. The predicted octanol–water partition coefficient (Wildman–Crippen LogP) is 2.13. The second-order valence-corrected chi connectivity index (χ2v) is 4.87. The summed E-state index contributed by atoms with van der Waals surface area (Å²) < 4.78 is 4.74. The number of carbonyl (C=O) groups excluding carboxylic acids is 1. The van der Waals surface area contributed by atoms with E-state index in [-0.39, 0.29) is 23.6 Å². The minimum atomic E-state index is -0.443. The van der Waals surface area contributed by atoms with E-state index in [2.05, 4.69) is 10.3 Å². The summed E-state index contributed by atoms with van der Waals surface area (Å²) in [5.74, 6) is 0.314. The largest absolute Gasteiger partial charge is 0.469 e. The molecule has 1 aromatic heterocycles. The first kappa shape index (κ1) is 14.2. The number of anilines is 1. The van der Waals surface area contributed by atoms with Crippen LogP contribution in [0.25, 0.3) is 0 Å². The van der Waals surface area contributed by atoms with Crippen molar-refractivity contribution < 1.29 is 14.5 Å². The van der Waals surface area contributed by atoms with E-state index in [1.54, 1.807) is 0 Å². The van der Waals surface area contributed by atoms with E-state index in [1.165, 1.54) is 25.4 Å². The number of methoxy groups -OCH3 is 1. The maximum absolute atomic E-state index is 11.4. The van der Waals surface area contributed by atoms with Gasteiger partial charge in [0.2, 0.25) is 0 Å². The lowest BCUT2D eigenvalue weighted by atomic mass is 9.86. The minimum Gasteiger partial charge on any atom is -0.469 e. The number of hydrogen-bond donors (Lipinski definition) is 1. The van der Waals surface area contributed by atoms with Crippen molar-refractivity contribution in [3.8, 4) is 0 Å². The summed E-state index contributed by atoms with van der Waals surface area (Å²) in [4.78, 5) is 25.8. The van der Waals surface area contributed by atoms with Crippen LogP contribution in [0.15, 0.2) is 18.3 Å². The molecule has 0 saturated heterocycles. The molecule has 7 heteroatoms. The summed E-state index contributed by atoms with van der Waals surface area (Å²) in [6.45, 7) is 0. The molecule has 0 atom stereocenters. The number of ether oxygens (including phenoxy) is 1. The third kappa shape index (κ3) is 3.43. The van der Waals surface area contributed by atoms with Crippen molar-refractivity contribution in [1.29, 1.82) is 0 Å². The minimum absolute atomic E-state index is 0.0192. The first-order valence-corrected chi connectivity index (χ1v) is 6.55. The Morgan fingerprint density at radius 2 is 2.15 bits per heavy atom. The zero-order valence-corrected chi connectivity index (χ0v) is 11.2. The van der Waals surface area contributed by atoms with Crippen LogP contribution < -0.4 is 5.32 Å². The van der Waals surface area contributed by atoms with Gasteiger partial charge in [-0.05, 0) is 25.7 Å². The van der Waals surface area contributed by atoms with Crippen LogP contribution in [-0.2, 0) is 9.53 Å². The molecule has 2 rings (SSSR count). The van der Waals surface area contributed by atoms with Gasteiger partial charge in [-0.2, -0.15) is 0 Å². The molecular formula is C13H17N3O4. The number of aromatic nitrogens is 1. The van der Waals surface area contributed by atoms with Crippen LogP contribution in [0.2, 0.25) is 0 Å². The van der Waals surface area contributed by atoms with E-state index in [1.807, 2.05) is 0 Å². The molecule has 7 nitrogen and oxygen atoms in total. The summed E-state index contributed by atoms with van der Waals surface area (Å²) in [6.07, 6.45) is 4.59.